The van der Waals surface area contributed by atoms with E-state index in [2.05, 4.69) is 11.6 Å². The van der Waals surface area contributed by atoms with Gasteiger partial charge >= 0.3 is 0 Å². The van der Waals surface area contributed by atoms with Crippen molar-refractivity contribution in [3.63, 3.8) is 0 Å². The van der Waals surface area contributed by atoms with Crippen molar-refractivity contribution in [2.24, 2.45) is 4.99 Å². The predicted octanol–water partition coefficient (Wildman–Crippen LogP) is 2.43. The van der Waals surface area contributed by atoms with Gasteiger partial charge < -0.3 is 0 Å². The van der Waals surface area contributed by atoms with Gasteiger partial charge in [-0.1, -0.05) is 6.58 Å². The summed E-state index contributed by atoms with van der Waals surface area (Å²) in [4.78, 5) is 3.98. The summed E-state index contributed by atoms with van der Waals surface area (Å²) >= 11 is 0. The van der Waals surface area contributed by atoms with Crippen molar-refractivity contribution < 1.29 is 4.39 Å². The molecule has 0 saturated heterocycles. The number of rotatable bonds is 2. The second kappa shape index (κ2) is 3.81. The van der Waals surface area contributed by atoms with Crippen LogP contribution in [0, 0.1) is 5.82 Å². The second-order valence-corrected chi connectivity index (χ2v) is 2.32. The number of hydrogen-bond acceptors (Lipinski definition) is 1. The normalized spacial score (nSPS) is 11.3. The molecule has 1 nitrogen and oxygen atoms in total. The number of hydrogen-bond donors (Lipinski definition) is 0. The summed E-state index contributed by atoms with van der Waals surface area (Å²) in [5.41, 5.74) is 1.66. The highest BCUT2D eigenvalue weighted by Gasteiger charge is 1.96. The first-order valence-corrected chi connectivity index (χ1v) is 3.63. The van der Waals surface area contributed by atoms with E-state index >= 15 is 0 Å². The molecule has 0 aliphatic rings. The van der Waals surface area contributed by atoms with Gasteiger partial charge in [0.15, 0.2) is 0 Å². The maximum absolute atomic E-state index is 12.5. The highest BCUT2D eigenvalue weighted by molar-refractivity contribution is 6.08. The largest absolute Gasteiger partial charge is 0.288 e. The van der Waals surface area contributed by atoms with Crippen LogP contribution in [0.15, 0.2) is 41.9 Å². The van der Waals surface area contributed by atoms with Crippen molar-refractivity contribution in [1.82, 2.24) is 0 Å². The fraction of sp³-hybridized carbons (Fsp3) is 0.100. The molecule has 0 fully saturated rings. The smallest absolute Gasteiger partial charge is 0.123 e. The minimum Gasteiger partial charge on any atom is -0.288 e. The molecule has 1 rings (SSSR count). The predicted molar refractivity (Wildman–Crippen MR) is 49.1 cm³/mol. The molecule has 0 aliphatic heterocycles. The van der Waals surface area contributed by atoms with E-state index in [1.54, 1.807) is 25.3 Å². The highest BCUT2D eigenvalue weighted by Crippen LogP contribution is 2.04. The maximum Gasteiger partial charge on any atom is 0.123 e. The highest BCUT2D eigenvalue weighted by atomic mass is 19.1. The minimum atomic E-state index is -0.238. The number of halogens is 1. The van der Waals surface area contributed by atoms with E-state index in [0.29, 0.717) is 0 Å². The average molecular weight is 163 g/mol. The Labute approximate surface area is 71.3 Å². The lowest BCUT2D eigenvalue weighted by Crippen LogP contribution is -1.95. The van der Waals surface area contributed by atoms with Crippen LogP contribution in [0.25, 0.3) is 0 Å². The van der Waals surface area contributed by atoms with Gasteiger partial charge in [0.05, 0.1) is 5.71 Å². The van der Waals surface area contributed by atoms with E-state index in [4.69, 9.17) is 0 Å². The summed E-state index contributed by atoms with van der Waals surface area (Å²) in [5.74, 6) is -0.238. The van der Waals surface area contributed by atoms with Gasteiger partial charge in [0.25, 0.3) is 0 Å². The van der Waals surface area contributed by atoms with E-state index in [0.717, 1.165) is 11.3 Å². The maximum atomic E-state index is 12.5. The molecule has 12 heavy (non-hydrogen) atoms. The lowest BCUT2D eigenvalue weighted by atomic mass is 10.1. The molecule has 0 saturated carbocycles. The summed E-state index contributed by atoms with van der Waals surface area (Å²) in [5, 5.41) is 0. The molecule has 62 valence electrons. The molecule has 0 aromatic heterocycles. The monoisotopic (exact) mass is 163 g/mol. The fourth-order valence-electron chi connectivity index (χ4n) is 0.959. The van der Waals surface area contributed by atoms with Gasteiger partial charge in [-0.25, -0.2) is 4.39 Å². The van der Waals surface area contributed by atoms with E-state index < -0.39 is 0 Å². The Balaban J connectivity index is 3.04. The van der Waals surface area contributed by atoms with E-state index in [9.17, 15) is 4.39 Å². The Morgan fingerprint density at radius 1 is 1.42 bits per heavy atom. The Kier molecular flexibility index (Phi) is 2.75. The van der Waals surface area contributed by atoms with Crippen LogP contribution in [0.4, 0.5) is 4.39 Å². The lowest BCUT2D eigenvalue weighted by molar-refractivity contribution is 0.628. The summed E-state index contributed by atoms with van der Waals surface area (Å²) in [6.45, 7) is 3.61. The molecule has 0 amide bonds. The summed E-state index contributed by atoms with van der Waals surface area (Å²) in [6.07, 6.45) is 1.65. The average Bonchev–Trinajstić information content (AvgIpc) is 2.10. The van der Waals surface area contributed by atoms with Crippen LogP contribution in [-0.4, -0.2) is 12.8 Å². The SMILES string of the molecule is C=CC(=NC)c1ccc(F)cc1. The van der Waals surface area contributed by atoms with Crippen molar-refractivity contribution in [3.8, 4) is 0 Å². The number of benzene rings is 1. The Bertz CT molecular complexity index is 298. The van der Waals surface area contributed by atoms with Crippen LogP contribution in [0.5, 0.6) is 0 Å². The molecule has 0 aliphatic carbocycles. The molecule has 0 bridgehead atoms. The summed E-state index contributed by atoms with van der Waals surface area (Å²) in [7, 11) is 1.68. The zero-order chi connectivity index (χ0) is 8.97. The fourth-order valence-corrected chi connectivity index (χ4v) is 0.959. The van der Waals surface area contributed by atoms with Gasteiger partial charge in [-0.05, 0) is 35.9 Å². The van der Waals surface area contributed by atoms with Crippen molar-refractivity contribution >= 4 is 5.71 Å². The topological polar surface area (TPSA) is 12.4 Å². The van der Waals surface area contributed by atoms with Crippen LogP contribution in [0.3, 0.4) is 0 Å². The molecule has 1 aromatic rings. The van der Waals surface area contributed by atoms with Crippen LogP contribution in [-0.2, 0) is 0 Å². The molecule has 0 radical (unpaired) electrons. The third-order valence-corrected chi connectivity index (χ3v) is 1.57. The first kappa shape index (κ1) is 8.65. The Morgan fingerprint density at radius 3 is 2.42 bits per heavy atom. The zero-order valence-electron chi connectivity index (χ0n) is 6.92. The molecule has 0 atom stereocenters. The van der Waals surface area contributed by atoms with Gasteiger partial charge in [-0.3, -0.25) is 4.99 Å². The third-order valence-electron chi connectivity index (χ3n) is 1.57. The summed E-state index contributed by atoms with van der Waals surface area (Å²) < 4.78 is 12.5. The van der Waals surface area contributed by atoms with E-state index in [1.165, 1.54) is 12.1 Å². The molecule has 0 unspecified atom stereocenters. The van der Waals surface area contributed by atoms with Gasteiger partial charge in [0.1, 0.15) is 5.82 Å². The zero-order valence-corrected chi connectivity index (χ0v) is 6.92. The van der Waals surface area contributed by atoms with Gasteiger partial charge in [-0.15, -0.1) is 0 Å². The standard InChI is InChI=1S/C10H10FN/c1-3-10(12-2)8-4-6-9(11)7-5-8/h3-7H,1H2,2H3. The number of aliphatic imine (C=N–C) groups is 1. The number of allylic oxidation sites excluding steroid dienone is 1. The Morgan fingerprint density at radius 2 is 2.00 bits per heavy atom. The van der Waals surface area contributed by atoms with E-state index in [1.807, 2.05) is 0 Å². The minimum absolute atomic E-state index is 0.238. The van der Waals surface area contributed by atoms with Gasteiger partial charge in [0.2, 0.25) is 0 Å². The molecule has 0 spiro atoms. The van der Waals surface area contributed by atoms with Crippen LogP contribution in [0.1, 0.15) is 5.56 Å². The molecule has 1 aromatic carbocycles. The van der Waals surface area contributed by atoms with Crippen molar-refractivity contribution in [2.45, 2.75) is 0 Å². The second-order valence-electron chi connectivity index (χ2n) is 2.32. The third kappa shape index (κ3) is 1.78. The van der Waals surface area contributed by atoms with Crippen molar-refractivity contribution in [1.29, 1.82) is 0 Å². The van der Waals surface area contributed by atoms with Gasteiger partial charge in [-0.2, -0.15) is 0 Å². The van der Waals surface area contributed by atoms with Crippen molar-refractivity contribution in [3.05, 3.63) is 48.3 Å². The van der Waals surface area contributed by atoms with Crippen LogP contribution >= 0.6 is 0 Å². The molecule has 0 N–H and O–H groups in total. The van der Waals surface area contributed by atoms with Crippen LogP contribution < -0.4 is 0 Å². The van der Waals surface area contributed by atoms with Crippen LogP contribution in [0.2, 0.25) is 0 Å². The summed E-state index contributed by atoms with van der Waals surface area (Å²) in [6, 6.07) is 6.17. The molecular weight excluding hydrogens is 153 g/mol. The lowest BCUT2D eigenvalue weighted by Gasteiger charge is -1.98. The molecular formula is C10H10FN. The van der Waals surface area contributed by atoms with Gasteiger partial charge in [0, 0.05) is 7.05 Å². The van der Waals surface area contributed by atoms with E-state index in [-0.39, 0.29) is 5.82 Å². The quantitative estimate of drug-likeness (QED) is 0.594. The first-order chi connectivity index (χ1) is 5.77. The Hall–Kier alpha value is -1.44. The molecule has 2 heteroatoms. The van der Waals surface area contributed by atoms with Crippen molar-refractivity contribution in [2.75, 3.05) is 7.05 Å². The molecule has 0 heterocycles. The first-order valence-electron chi connectivity index (χ1n) is 3.63. The number of nitrogens with zero attached hydrogens (tertiary/aromatic N) is 1.